The first-order chi connectivity index (χ1) is 9.69. The van der Waals surface area contributed by atoms with Crippen LogP contribution < -0.4 is 10.2 Å². The number of aryl methyl sites for hydroxylation is 1. The van der Waals surface area contributed by atoms with Crippen molar-refractivity contribution in [2.24, 2.45) is 0 Å². The van der Waals surface area contributed by atoms with Crippen LogP contribution in [-0.4, -0.2) is 44.2 Å². The summed E-state index contributed by atoms with van der Waals surface area (Å²) in [5, 5.41) is 3.24. The summed E-state index contributed by atoms with van der Waals surface area (Å²) in [6.07, 6.45) is 4.08. The highest BCUT2D eigenvalue weighted by Gasteiger charge is 2.34. The van der Waals surface area contributed by atoms with Crippen molar-refractivity contribution in [1.29, 1.82) is 0 Å². The van der Waals surface area contributed by atoms with Gasteiger partial charge in [-0.15, -0.1) is 0 Å². The fraction of sp³-hybridized carbons (Fsp3) is 0.647. The van der Waals surface area contributed by atoms with Crippen LogP contribution >= 0.6 is 0 Å². The standard InChI is InChI=1S/C17H27N3/c1-13-10-16(5-4-14(13)11-18-2)20-9-8-15-6-7-17(12-20)19(15)3/h4-5,10,15,17-18H,6-9,11-12H2,1-3H3. The molecule has 0 aliphatic carbocycles. The van der Waals surface area contributed by atoms with Gasteiger partial charge in [0.1, 0.15) is 0 Å². The lowest BCUT2D eigenvalue weighted by Gasteiger charge is -2.28. The van der Waals surface area contributed by atoms with Crippen molar-refractivity contribution < 1.29 is 0 Å². The van der Waals surface area contributed by atoms with Crippen LogP contribution in [0.3, 0.4) is 0 Å². The summed E-state index contributed by atoms with van der Waals surface area (Å²) in [5.74, 6) is 0. The Morgan fingerprint density at radius 3 is 2.75 bits per heavy atom. The number of rotatable bonds is 3. The fourth-order valence-electron chi connectivity index (χ4n) is 3.81. The third kappa shape index (κ3) is 2.57. The Morgan fingerprint density at radius 2 is 2.00 bits per heavy atom. The number of benzene rings is 1. The second kappa shape index (κ2) is 5.74. The van der Waals surface area contributed by atoms with Gasteiger partial charge in [0.05, 0.1) is 0 Å². The second-order valence-electron chi connectivity index (χ2n) is 6.43. The maximum Gasteiger partial charge on any atom is 0.0369 e. The molecule has 0 saturated carbocycles. The van der Waals surface area contributed by atoms with E-state index in [2.05, 4.69) is 47.3 Å². The zero-order chi connectivity index (χ0) is 14.1. The topological polar surface area (TPSA) is 18.5 Å². The molecule has 2 unspecified atom stereocenters. The van der Waals surface area contributed by atoms with Crippen molar-refractivity contribution in [3.63, 3.8) is 0 Å². The number of likely N-dealkylation sites (N-methyl/N-ethyl adjacent to an activating group) is 1. The molecule has 0 spiro atoms. The largest absolute Gasteiger partial charge is 0.370 e. The van der Waals surface area contributed by atoms with Crippen LogP contribution in [-0.2, 0) is 6.54 Å². The Bertz CT molecular complexity index is 471. The molecule has 110 valence electrons. The smallest absolute Gasteiger partial charge is 0.0369 e. The molecule has 2 atom stereocenters. The van der Waals surface area contributed by atoms with Crippen molar-refractivity contribution >= 4 is 5.69 Å². The highest BCUT2D eigenvalue weighted by Crippen LogP contribution is 2.31. The van der Waals surface area contributed by atoms with E-state index in [9.17, 15) is 0 Å². The highest BCUT2D eigenvalue weighted by atomic mass is 15.3. The maximum atomic E-state index is 3.24. The molecule has 3 heteroatoms. The molecular formula is C17H27N3. The molecule has 0 aromatic heterocycles. The number of fused-ring (bicyclic) bond motifs is 2. The van der Waals surface area contributed by atoms with Gasteiger partial charge < -0.3 is 10.2 Å². The average Bonchev–Trinajstić information content (AvgIpc) is 2.66. The monoisotopic (exact) mass is 273 g/mol. The van der Waals surface area contributed by atoms with Crippen molar-refractivity contribution in [2.45, 2.75) is 44.8 Å². The average molecular weight is 273 g/mol. The van der Waals surface area contributed by atoms with E-state index in [4.69, 9.17) is 0 Å². The van der Waals surface area contributed by atoms with Crippen LogP contribution in [0.2, 0.25) is 0 Å². The first-order valence-electron chi connectivity index (χ1n) is 7.90. The lowest BCUT2D eigenvalue weighted by atomic mass is 10.0. The van der Waals surface area contributed by atoms with Crippen molar-refractivity contribution in [1.82, 2.24) is 10.2 Å². The number of anilines is 1. The predicted molar refractivity (Wildman–Crippen MR) is 85.3 cm³/mol. The zero-order valence-electron chi connectivity index (χ0n) is 13.0. The van der Waals surface area contributed by atoms with Crippen molar-refractivity contribution in [3.8, 4) is 0 Å². The van der Waals surface area contributed by atoms with Crippen LogP contribution in [0.25, 0.3) is 0 Å². The van der Waals surface area contributed by atoms with Gasteiger partial charge in [0.15, 0.2) is 0 Å². The Balaban J connectivity index is 1.77. The Labute approximate surface area is 123 Å². The lowest BCUT2D eigenvalue weighted by molar-refractivity contribution is 0.254. The summed E-state index contributed by atoms with van der Waals surface area (Å²) in [7, 11) is 4.32. The summed E-state index contributed by atoms with van der Waals surface area (Å²) in [6.45, 7) is 5.58. The van der Waals surface area contributed by atoms with Gasteiger partial charge in [0.25, 0.3) is 0 Å². The third-order valence-corrected chi connectivity index (χ3v) is 5.21. The minimum Gasteiger partial charge on any atom is -0.370 e. The van der Waals surface area contributed by atoms with Gasteiger partial charge >= 0.3 is 0 Å². The molecule has 2 bridgehead atoms. The Hall–Kier alpha value is -1.06. The summed E-state index contributed by atoms with van der Waals surface area (Å²) in [5.41, 5.74) is 4.22. The first-order valence-corrected chi connectivity index (χ1v) is 7.90. The van der Waals surface area contributed by atoms with Gasteiger partial charge in [-0.1, -0.05) is 6.07 Å². The van der Waals surface area contributed by atoms with E-state index >= 15 is 0 Å². The molecule has 1 aromatic rings. The molecule has 2 fully saturated rings. The molecule has 0 amide bonds. The molecule has 0 radical (unpaired) electrons. The molecule has 1 aromatic carbocycles. The van der Waals surface area contributed by atoms with Crippen LogP contribution in [0.5, 0.6) is 0 Å². The molecule has 1 N–H and O–H groups in total. The summed E-state index contributed by atoms with van der Waals surface area (Å²) in [4.78, 5) is 5.21. The van der Waals surface area contributed by atoms with Gasteiger partial charge in [-0.25, -0.2) is 0 Å². The summed E-state index contributed by atoms with van der Waals surface area (Å²) >= 11 is 0. The molecule has 3 rings (SSSR count). The summed E-state index contributed by atoms with van der Waals surface area (Å²) in [6, 6.07) is 8.52. The van der Waals surface area contributed by atoms with Crippen LogP contribution in [0.15, 0.2) is 18.2 Å². The molecule has 2 aliphatic rings. The van der Waals surface area contributed by atoms with E-state index in [1.165, 1.54) is 49.2 Å². The quantitative estimate of drug-likeness (QED) is 0.912. The van der Waals surface area contributed by atoms with E-state index in [1.54, 1.807) is 0 Å². The second-order valence-corrected chi connectivity index (χ2v) is 6.43. The third-order valence-electron chi connectivity index (χ3n) is 5.21. The number of nitrogens with zero attached hydrogens (tertiary/aromatic N) is 2. The normalized spacial score (nSPS) is 26.9. The van der Waals surface area contributed by atoms with E-state index in [0.29, 0.717) is 0 Å². The number of nitrogens with one attached hydrogen (secondary N) is 1. The van der Waals surface area contributed by atoms with Crippen LogP contribution in [0.4, 0.5) is 5.69 Å². The van der Waals surface area contributed by atoms with E-state index in [-0.39, 0.29) is 0 Å². The first kappa shape index (κ1) is 13.9. The molecular weight excluding hydrogens is 246 g/mol. The SMILES string of the molecule is CNCc1ccc(N2CCC3CCC(C2)N3C)cc1C. The van der Waals surface area contributed by atoms with Crippen LogP contribution in [0.1, 0.15) is 30.4 Å². The fourth-order valence-corrected chi connectivity index (χ4v) is 3.81. The number of hydrogen-bond donors (Lipinski definition) is 1. The molecule has 2 aliphatic heterocycles. The van der Waals surface area contributed by atoms with Crippen LogP contribution in [0, 0.1) is 6.92 Å². The Kier molecular flexibility index (Phi) is 3.99. The van der Waals surface area contributed by atoms with Crippen molar-refractivity contribution in [2.75, 3.05) is 32.1 Å². The maximum absolute atomic E-state index is 3.24. The van der Waals surface area contributed by atoms with Crippen molar-refractivity contribution in [3.05, 3.63) is 29.3 Å². The zero-order valence-corrected chi connectivity index (χ0v) is 13.0. The van der Waals surface area contributed by atoms with E-state index in [0.717, 1.165) is 18.6 Å². The van der Waals surface area contributed by atoms with Gasteiger partial charge in [-0.2, -0.15) is 0 Å². The van der Waals surface area contributed by atoms with Gasteiger partial charge in [-0.05, 0) is 63.5 Å². The molecule has 20 heavy (non-hydrogen) atoms. The summed E-state index contributed by atoms with van der Waals surface area (Å²) < 4.78 is 0. The highest BCUT2D eigenvalue weighted by molar-refractivity contribution is 5.51. The lowest BCUT2D eigenvalue weighted by Crippen LogP contribution is -2.36. The molecule has 2 heterocycles. The minimum atomic E-state index is 0.750. The van der Waals surface area contributed by atoms with Gasteiger partial charge in [-0.3, -0.25) is 4.90 Å². The molecule has 2 saturated heterocycles. The minimum absolute atomic E-state index is 0.750. The Morgan fingerprint density at radius 1 is 1.20 bits per heavy atom. The molecule has 3 nitrogen and oxygen atoms in total. The number of hydrogen-bond acceptors (Lipinski definition) is 3. The van der Waals surface area contributed by atoms with E-state index < -0.39 is 0 Å². The van der Waals surface area contributed by atoms with E-state index in [1.807, 2.05) is 7.05 Å². The van der Waals surface area contributed by atoms with Gasteiger partial charge in [0, 0.05) is 37.4 Å². The predicted octanol–water partition coefficient (Wildman–Crippen LogP) is 2.39. The van der Waals surface area contributed by atoms with Gasteiger partial charge in [0.2, 0.25) is 0 Å².